The summed E-state index contributed by atoms with van der Waals surface area (Å²) in [7, 11) is 0. The van der Waals surface area contributed by atoms with E-state index >= 15 is 0 Å². The van der Waals surface area contributed by atoms with Gasteiger partial charge in [-0.3, -0.25) is 4.79 Å². The highest BCUT2D eigenvalue weighted by molar-refractivity contribution is 7.18. The van der Waals surface area contributed by atoms with Gasteiger partial charge in [0.05, 0.1) is 5.39 Å². The zero-order chi connectivity index (χ0) is 11.3. The number of aryl methyl sites for hydroxylation is 3. The van der Waals surface area contributed by atoms with Crippen LogP contribution in [0, 0.1) is 6.92 Å². The quantitative estimate of drug-likeness (QED) is 0.710. The summed E-state index contributed by atoms with van der Waals surface area (Å²) in [5.41, 5.74) is 0.799. The highest BCUT2D eigenvalue weighted by Crippen LogP contribution is 2.33. The van der Waals surface area contributed by atoms with Gasteiger partial charge in [0.15, 0.2) is 0 Å². The van der Waals surface area contributed by atoms with Crippen molar-refractivity contribution in [3.05, 3.63) is 26.6 Å². The van der Waals surface area contributed by atoms with E-state index in [2.05, 4.69) is 4.98 Å². The largest absolute Gasteiger partial charge is 0.424 e. The van der Waals surface area contributed by atoms with Crippen LogP contribution in [0.2, 0.25) is 0 Å². The molecule has 4 nitrogen and oxygen atoms in total. The maximum atomic E-state index is 12.0. The highest BCUT2D eigenvalue weighted by Gasteiger charge is 2.20. The highest BCUT2D eigenvalue weighted by atomic mass is 32.1. The molecular weight excluding hydrogens is 224 g/mol. The molecule has 0 fully saturated rings. The Morgan fingerprint density at radius 1 is 1.38 bits per heavy atom. The normalized spacial score (nSPS) is 15.3. The van der Waals surface area contributed by atoms with Crippen LogP contribution < -0.4 is 5.56 Å². The number of hydrogen-bond donors (Lipinski definition) is 1. The molecular formula is C11H12N2O2S. The van der Waals surface area contributed by atoms with E-state index in [4.69, 9.17) is 0 Å². The Hall–Kier alpha value is -1.36. The van der Waals surface area contributed by atoms with E-state index in [1.54, 1.807) is 18.3 Å². The monoisotopic (exact) mass is 236 g/mol. The lowest BCUT2D eigenvalue weighted by Gasteiger charge is -2.09. The van der Waals surface area contributed by atoms with Crippen molar-refractivity contribution in [1.82, 2.24) is 9.71 Å². The van der Waals surface area contributed by atoms with Gasteiger partial charge in [-0.25, -0.2) is 4.98 Å². The van der Waals surface area contributed by atoms with Crippen molar-refractivity contribution in [2.24, 2.45) is 0 Å². The number of hydrogen-bond acceptors (Lipinski definition) is 4. The molecule has 0 saturated carbocycles. The molecule has 0 aliphatic heterocycles. The molecule has 84 valence electrons. The van der Waals surface area contributed by atoms with Gasteiger partial charge in [-0.1, -0.05) is 0 Å². The number of thiophene rings is 1. The molecule has 1 aliphatic carbocycles. The van der Waals surface area contributed by atoms with E-state index in [-0.39, 0.29) is 5.56 Å². The summed E-state index contributed by atoms with van der Waals surface area (Å²) in [6.45, 7) is 1.64. The van der Waals surface area contributed by atoms with Gasteiger partial charge in [0.1, 0.15) is 10.7 Å². The van der Waals surface area contributed by atoms with Crippen LogP contribution in [0.5, 0.6) is 0 Å². The van der Waals surface area contributed by atoms with Crippen molar-refractivity contribution >= 4 is 21.6 Å². The van der Waals surface area contributed by atoms with Gasteiger partial charge >= 0.3 is 0 Å². The molecule has 1 aliphatic rings. The van der Waals surface area contributed by atoms with Gasteiger partial charge < -0.3 is 5.21 Å². The lowest BCUT2D eigenvalue weighted by atomic mass is 9.97. The summed E-state index contributed by atoms with van der Waals surface area (Å²) in [6.07, 6.45) is 4.29. The molecule has 0 radical (unpaired) electrons. The Labute approximate surface area is 96.1 Å². The van der Waals surface area contributed by atoms with E-state index in [1.165, 1.54) is 11.3 Å². The minimum Gasteiger partial charge on any atom is -0.424 e. The van der Waals surface area contributed by atoms with E-state index in [0.717, 1.165) is 29.7 Å². The summed E-state index contributed by atoms with van der Waals surface area (Å²) in [5.74, 6) is 0.357. The Balaban J connectivity index is 2.45. The number of fused-ring (bicyclic) bond motifs is 3. The predicted molar refractivity (Wildman–Crippen MR) is 62.4 cm³/mol. The Bertz CT molecular complexity index is 627. The summed E-state index contributed by atoms with van der Waals surface area (Å²) in [6, 6.07) is 0. The third-order valence-corrected chi connectivity index (χ3v) is 4.31. The van der Waals surface area contributed by atoms with Gasteiger partial charge in [0.25, 0.3) is 5.56 Å². The summed E-state index contributed by atoms with van der Waals surface area (Å²) in [4.78, 5) is 18.3. The van der Waals surface area contributed by atoms with Crippen LogP contribution in [0.25, 0.3) is 10.2 Å². The average molecular weight is 236 g/mol. The first-order chi connectivity index (χ1) is 7.68. The van der Waals surface area contributed by atoms with Crippen molar-refractivity contribution in [3.8, 4) is 0 Å². The Morgan fingerprint density at radius 3 is 2.94 bits per heavy atom. The summed E-state index contributed by atoms with van der Waals surface area (Å²) >= 11 is 1.60. The number of aromatic nitrogens is 2. The molecule has 0 unspecified atom stereocenters. The van der Waals surface area contributed by atoms with E-state index in [1.807, 2.05) is 0 Å². The third-order valence-electron chi connectivity index (χ3n) is 3.13. The van der Waals surface area contributed by atoms with Crippen molar-refractivity contribution in [3.63, 3.8) is 0 Å². The first-order valence-electron chi connectivity index (χ1n) is 5.41. The topological polar surface area (TPSA) is 55.1 Å². The van der Waals surface area contributed by atoms with Crippen LogP contribution in [-0.4, -0.2) is 14.9 Å². The molecule has 2 heterocycles. The number of rotatable bonds is 0. The van der Waals surface area contributed by atoms with Crippen molar-refractivity contribution in [2.45, 2.75) is 32.6 Å². The summed E-state index contributed by atoms with van der Waals surface area (Å²) < 4.78 is 0.657. The van der Waals surface area contributed by atoms with Gasteiger partial charge in [0, 0.05) is 4.88 Å². The standard InChI is InChI=1S/C11H12N2O2S/c1-6-12-10-9(11(14)13(6)15)7-4-2-3-5-8(7)16-10/h15H,2-5H2,1H3. The molecule has 0 saturated heterocycles. The predicted octanol–water partition coefficient (Wildman–Crippen LogP) is 1.88. The molecule has 0 amide bonds. The molecule has 16 heavy (non-hydrogen) atoms. The Morgan fingerprint density at radius 2 is 2.12 bits per heavy atom. The fraction of sp³-hybridized carbons (Fsp3) is 0.455. The summed E-state index contributed by atoms with van der Waals surface area (Å²) in [5, 5.41) is 10.2. The zero-order valence-corrected chi connectivity index (χ0v) is 9.80. The van der Waals surface area contributed by atoms with E-state index < -0.39 is 0 Å². The maximum absolute atomic E-state index is 12.0. The van der Waals surface area contributed by atoms with Crippen molar-refractivity contribution in [2.75, 3.05) is 0 Å². The SMILES string of the molecule is Cc1nc2sc3c(c2c(=O)n1O)CCCC3. The fourth-order valence-electron chi connectivity index (χ4n) is 2.30. The zero-order valence-electron chi connectivity index (χ0n) is 8.99. The minimum absolute atomic E-state index is 0.318. The van der Waals surface area contributed by atoms with Gasteiger partial charge in [0.2, 0.25) is 0 Å². The second kappa shape index (κ2) is 3.31. The van der Waals surface area contributed by atoms with E-state index in [0.29, 0.717) is 15.9 Å². The van der Waals surface area contributed by atoms with Crippen LogP contribution >= 0.6 is 11.3 Å². The molecule has 0 bridgehead atoms. The fourth-order valence-corrected chi connectivity index (χ4v) is 3.60. The molecule has 5 heteroatoms. The van der Waals surface area contributed by atoms with E-state index in [9.17, 15) is 10.0 Å². The van der Waals surface area contributed by atoms with Crippen LogP contribution in [0.1, 0.15) is 29.1 Å². The molecule has 0 atom stereocenters. The van der Waals surface area contributed by atoms with Gasteiger partial charge in [-0.15, -0.1) is 16.1 Å². The first kappa shape index (κ1) is 9.84. The minimum atomic E-state index is -0.318. The van der Waals surface area contributed by atoms with Crippen molar-refractivity contribution in [1.29, 1.82) is 0 Å². The number of nitrogens with zero attached hydrogens (tertiary/aromatic N) is 2. The van der Waals surface area contributed by atoms with Gasteiger partial charge in [-0.2, -0.15) is 0 Å². The maximum Gasteiger partial charge on any atom is 0.295 e. The molecule has 0 spiro atoms. The van der Waals surface area contributed by atoms with Crippen LogP contribution in [0.15, 0.2) is 4.79 Å². The average Bonchev–Trinajstić information content (AvgIpc) is 2.64. The molecule has 2 aromatic rings. The third kappa shape index (κ3) is 1.21. The smallest absolute Gasteiger partial charge is 0.295 e. The molecule has 0 aromatic carbocycles. The second-order valence-electron chi connectivity index (χ2n) is 4.17. The lowest BCUT2D eigenvalue weighted by Crippen LogP contribution is -2.21. The Kier molecular flexibility index (Phi) is 2.04. The second-order valence-corrected chi connectivity index (χ2v) is 5.25. The van der Waals surface area contributed by atoms with Gasteiger partial charge in [-0.05, 0) is 38.2 Å². The lowest BCUT2D eigenvalue weighted by molar-refractivity contribution is 0.166. The van der Waals surface area contributed by atoms with Crippen LogP contribution in [0.4, 0.5) is 0 Å². The van der Waals surface area contributed by atoms with Crippen LogP contribution in [0.3, 0.4) is 0 Å². The van der Waals surface area contributed by atoms with Crippen molar-refractivity contribution < 1.29 is 5.21 Å². The first-order valence-corrected chi connectivity index (χ1v) is 6.23. The molecule has 2 aromatic heterocycles. The molecule has 1 N–H and O–H groups in total. The van der Waals surface area contributed by atoms with Crippen LogP contribution in [-0.2, 0) is 12.8 Å². The molecule has 3 rings (SSSR count).